The molecule has 3 aromatic rings. The van der Waals surface area contributed by atoms with Crippen molar-refractivity contribution < 1.29 is 8.42 Å². The number of nitrogens with one attached hydrogen (secondary N) is 1. The average Bonchev–Trinajstić information content (AvgIpc) is 3.04. The molecule has 9 heteroatoms. The first-order chi connectivity index (χ1) is 10.6. The van der Waals surface area contributed by atoms with Crippen molar-refractivity contribution in [2.45, 2.75) is 4.90 Å². The first-order valence-corrected chi connectivity index (χ1v) is 8.45. The standard InChI is InChI=1S/C13H10BrN5O2S/c14-12-6-1-2-7-13(12)16-22(20,21)11-5-3-4-10(8-11)19-9-15-17-18-19/h1-9,16H. The highest BCUT2D eigenvalue weighted by molar-refractivity contribution is 9.10. The van der Waals surface area contributed by atoms with Gasteiger partial charge < -0.3 is 0 Å². The quantitative estimate of drug-likeness (QED) is 0.750. The summed E-state index contributed by atoms with van der Waals surface area (Å²) < 4.78 is 29.6. The number of hydrogen-bond donors (Lipinski definition) is 1. The van der Waals surface area contributed by atoms with Gasteiger partial charge in [-0.1, -0.05) is 18.2 Å². The van der Waals surface area contributed by atoms with E-state index in [2.05, 4.69) is 36.2 Å². The zero-order chi connectivity index (χ0) is 15.6. The molecule has 0 saturated carbocycles. The Morgan fingerprint density at radius 2 is 1.91 bits per heavy atom. The summed E-state index contributed by atoms with van der Waals surface area (Å²) in [5, 5.41) is 10.8. The van der Waals surface area contributed by atoms with Gasteiger partial charge in [0.25, 0.3) is 10.0 Å². The molecule has 0 aliphatic carbocycles. The van der Waals surface area contributed by atoms with Crippen LogP contribution in [0.5, 0.6) is 0 Å². The topological polar surface area (TPSA) is 89.8 Å². The highest BCUT2D eigenvalue weighted by Crippen LogP contribution is 2.25. The van der Waals surface area contributed by atoms with Crippen molar-refractivity contribution in [3.63, 3.8) is 0 Å². The molecule has 1 aromatic heterocycles. The van der Waals surface area contributed by atoms with Gasteiger partial charge in [-0.2, -0.15) is 0 Å². The number of hydrogen-bond acceptors (Lipinski definition) is 5. The van der Waals surface area contributed by atoms with Gasteiger partial charge in [0.15, 0.2) is 0 Å². The molecule has 0 saturated heterocycles. The first-order valence-electron chi connectivity index (χ1n) is 6.17. The number of anilines is 1. The summed E-state index contributed by atoms with van der Waals surface area (Å²) in [6, 6.07) is 13.3. The van der Waals surface area contributed by atoms with E-state index in [4.69, 9.17) is 0 Å². The van der Waals surface area contributed by atoms with E-state index in [0.29, 0.717) is 15.8 Å². The SMILES string of the molecule is O=S(=O)(Nc1ccccc1Br)c1cccc(-n2cnnn2)c1. The number of tetrazole rings is 1. The summed E-state index contributed by atoms with van der Waals surface area (Å²) in [5.41, 5.74) is 1.02. The number of sulfonamides is 1. The van der Waals surface area contributed by atoms with Gasteiger partial charge in [0, 0.05) is 4.47 Å². The molecule has 0 spiro atoms. The van der Waals surface area contributed by atoms with Crippen LogP contribution in [0.25, 0.3) is 5.69 Å². The number of aromatic nitrogens is 4. The van der Waals surface area contributed by atoms with E-state index in [0.717, 1.165) is 0 Å². The molecule has 22 heavy (non-hydrogen) atoms. The van der Waals surface area contributed by atoms with Crippen LogP contribution in [-0.4, -0.2) is 28.6 Å². The number of benzene rings is 2. The molecular formula is C13H10BrN5O2S. The summed E-state index contributed by atoms with van der Waals surface area (Å²) in [5.74, 6) is 0. The molecule has 1 N–H and O–H groups in total. The Bertz CT molecular complexity index is 896. The molecule has 0 unspecified atom stereocenters. The highest BCUT2D eigenvalue weighted by atomic mass is 79.9. The third-order valence-electron chi connectivity index (χ3n) is 2.86. The van der Waals surface area contributed by atoms with E-state index < -0.39 is 10.0 Å². The Hall–Kier alpha value is -2.26. The molecule has 0 atom stereocenters. The van der Waals surface area contributed by atoms with E-state index in [-0.39, 0.29) is 4.90 Å². The normalized spacial score (nSPS) is 11.3. The molecule has 1 heterocycles. The van der Waals surface area contributed by atoms with Crippen molar-refractivity contribution in [1.29, 1.82) is 0 Å². The zero-order valence-corrected chi connectivity index (χ0v) is 13.5. The third kappa shape index (κ3) is 3.00. The van der Waals surface area contributed by atoms with Crippen LogP contribution in [0, 0.1) is 0 Å². The van der Waals surface area contributed by atoms with Crippen molar-refractivity contribution >= 4 is 31.6 Å². The van der Waals surface area contributed by atoms with Gasteiger partial charge in [-0.15, -0.1) is 5.10 Å². The number of rotatable bonds is 4. The van der Waals surface area contributed by atoms with Gasteiger partial charge in [-0.05, 0) is 56.7 Å². The summed E-state index contributed by atoms with van der Waals surface area (Å²) in [4.78, 5) is 0.122. The Balaban J connectivity index is 1.96. The van der Waals surface area contributed by atoms with Crippen molar-refractivity contribution in [3.05, 3.63) is 59.3 Å². The summed E-state index contributed by atoms with van der Waals surface area (Å²) in [7, 11) is -3.71. The smallest absolute Gasteiger partial charge is 0.262 e. The molecular weight excluding hydrogens is 370 g/mol. The fourth-order valence-electron chi connectivity index (χ4n) is 1.82. The van der Waals surface area contributed by atoms with Crippen molar-refractivity contribution in [3.8, 4) is 5.69 Å². The van der Waals surface area contributed by atoms with E-state index in [9.17, 15) is 8.42 Å². The highest BCUT2D eigenvalue weighted by Gasteiger charge is 2.16. The van der Waals surface area contributed by atoms with Crippen LogP contribution < -0.4 is 4.72 Å². The van der Waals surface area contributed by atoms with Gasteiger partial charge in [-0.25, -0.2) is 13.1 Å². The monoisotopic (exact) mass is 379 g/mol. The first kappa shape index (κ1) is 14.7. The second kappa shape index (κ2) is 5.85. The van der Waals surface area contributed by atoms with Crippen LogP contribution in [0.4, 0.5) is 5.69 Å². The molecule has 2 aromatic carbocycles. The second-order valence-electron chi connectivity index (χ2n) is 4.34. The summed E-state index contributed by atoms with van der Waals surface area (Å²) >= 11 is 3.31. The minimum atomic E-state index is -3.71. The predicted octanol–water partition coefficient (Wildman–Crippen LogP) is 2.23. The molecule has 0 aliphatic rings. The van der Waals surface area contributed by atoms with Crippen molar-refractivity contribution in [2.75, 3.05) is 4.72 Å². The molecule has 3 rings (SSSR count). The Kier molecular flexibility index (Phi) is 3.90. The summed E-state index contributed by atoms with van der Waals surface area (Å²) in [6.45, 7) is 0. The lowest BCUT2D eigenvalue weighted by Gasteiger charge is -2.10. The van der Waals surface area contributed by atoms with Gasteiger partial charge in [0.1, 0.15) is 6.33 Å². The summed E-state index contributed by atoms with van der Waals surface area (Å²) in [6.07, 6.45) is 1.40. The second-order valence-corrected chi connectivity index (χ2v) is 6.87. The van der Waals surface area contributed by atoms with Crippen LogP contribution in [0.3, 0.4) is 0 Å². The van der Waals surface area contributed by atoms with Crippen molar-refractivity contribution in [1.82, 2.24) is 20.2 Å². The van der Waals surface area contributed by atoms with E-state index in [1.165, 1.54) is 23.1 Å². The van der Waals surface area contributed by atoms with Crippen LogP contribution >= 0.6 is 15.9 Å². The van der Waals surface area contributed by atoms with E-state index in [1.54, 1.807) is 36.4 Å². The van der Waals surface area contributed by atoms with Crippen LogP contribution in [-0.2, 0) is 10.0 Å². The van der Waals surface area contributed by atoms with Gasteiger partial charge >= 0.3 is 0 Å². The predicted molar refractivity (Wildman–Crippen MR) is 84.1 cm³/mol. The Morgan fingerprint density at radius 3 is 2.64 bits per heavy atom. The Morgan fingerprint density at radius 1 is 1.09 bits per heavy atom. The maximum atomic E-state index is 12.5. The average molecular weight is 380 g/mol. The Labute approximate surface area is 135 Å². The molecule has 0 radical (unpaired) electrons. The maximum absolute atomic E-state index is 12.5. The maximum Gasteiger partial charge on any atom is 0.262 e. The lowest BCUT2D eigenvalue weighted by atomic mass is 10.3. The minimum absolute atomic E-state index is 0.122. The minimum Gasteiger partial charge on any atom is -0.278 e. The van der Waals surface area contributed by atoms with Crippen LogP contribution in [0.1, 0.15) is 0 Å². The lowest BCUT2D eigenvalue weighted by molar-refractivity contribution is 0.601. The number of halogens is 1. The largest absolute Gasteiger partial charge is 0.278 e. The molecule has 112 valence electrons. The van der Waals surface area contributed by atoms with Gasteiger partial charge in [-0.3, -0.25) is 4.72 Å². The molecule has 0 amide bonds. The fourth-order valence-corrected chi connectivity index (χ4v) is 3.45. The third-order valence-corrected chi connectivity index (χ3v) is 4.91. The fraction of sp³-hybridized carbons (Fsp3) is 0. The zero-order valence-electron chi connectivity index (χ0n) is 11.1. The van der Waals surface area contributed by atoms with Crippen molar-refractivity contribution in [2.24, 2.45) is 0 Å². The van der Waals surface area contributed by atoms with E-state index >= 15 is 0 Å². The van der Waals surface area contributed by atoms with Crippen LogP contribution in [0.15, 0.2) is 64.2 Å². The lowest BCUT2D eigenvalue weighted by Crippen LogP contribution is -2.13. The molecule has 0 fully saturated rings. The number of para-hydroxylation sites is 1. The number of nitrogens with zero attached hydrogens (tertiary/aromatic N) is 4. The van der Waals surface area contributed by atoms with E-state index in [1.807, 2.05) is 0 Å². The van der Waals surface area contributed by atoms with Crippen LogP contribution in [0.2, 0.25) is 0 Å². The molecule has 7 nitrogen and oxygen atoms in total. The van der Waals surface area contributed by atoms with Gasteiger partial charge in [0.05, 0.1) is 16.3 Å². The van der Waals surface area contributed by atoms with Gasteiger partial charge in [0.2, 0.25) is 0 Å². The molecule has 0 bridgehead atoms. The molecule has 0 aliphatic heterocycles.